The van der Waals surface area contributed by atoms with Gasteiger partial charge in [0.1, 0.15) is 0 Å². The van der Waals surface area contributed by atoms with Crippen molar-refractivity contribution in [2.45, 2.75) is 0 Å². The first-order chi connectivity index (χ1) is 2.73. The van der Waals surface area contributed by atoms with Crippen molar-refractivity contribution in [3.8, 4) is 0 Å². The maximum atomic E-state index is 4.96. The quantitative estimate of drug-likeness (QED) is 0.448. The van der Waals surface area contributed by atoms with E-state index in [9.17, 15) is 0 Å². The van der Waals surface area contributed by atoms with Gasteiger partial charge in [0.2, 0.25) is 0 Å². The molecule has 1 nitrogen and oxygen atoms in total. The summed E-state index contributed by atoms with van der Waals surface area (Å²) in [5.41, 5.74) is 0. The molecule has 0 aromatic heterocycles. The van der Waals surface area contributed by atoms with Crippen LogP contribution < -0.4 is 0 Å². The normalized spacial score (nSPS) is 6.12. The number of hydrogen-bond donors (Lipinski definition) is 0. The second kappa shape index (κ2) is 22.5. The second-order valence-corrected chi connectivity index (χ2v) is 9.98. The van der Waals surface area contributed by atoms with Crippen LogP contribution in [0.1, 0.15) is 0 Å². The molecule has 52 valence electrons. The van der Waals surface area contributed by atoms with E-state index in [-0.39, 0.29) is 56.9 Å². The predicted molar refractivity (Wildman–Crippen MR) is 38.2 cm³/mol. The molecule has 0 aromatic carbocycles. The van der Waals surface area contributed by atoms with Crippen LogP contribution in [-0.4, -0.2) is 56.9 Å². The number of halogens is 3. The standard InChI is InChI=1S/C2H4.3ClH.K.H2O.Pt/c1-2;;;;;;/h1-2H2;3*1H;;1H2;/q;;;;;;+3/p-3. The average Bonchev–Trinajstić information content (AvgIpc) is 1.41. The number of hydrogen-bond acceptors (Lipinski definition) is 0. The fourth-order valence-electron chi connectivity index (χ4n) is 0. The zero-order valence-corrected chi connectivity index (χ0v) is 12.0. The molecule has 0 aromatic rings. The summed E-state index contributed by atoms with van der Waals surface area (Å²) in [5.74, 6) is 0. The van der Waals surface area contributed by atoms with Gasteiger partial charge in [-0.1, -0.05) is 0 Å². The third-order valence-electron chi connectivity index (χ3n) is 0. The molecule has 0 spiro atoms. The van der Waals surface area contributed by atoms with Crippen molar-refractivity contribution in [1.29, 1.82) is 0 Å². The summed E-state index contributed by atoms with van der Waals surface area (Å²) < 4.78 is 0. The van der Waals surface area contributed by atoms with Crippen LogP contribution in [0.5, 0.6) is 0 Å². The first kappa shape index (κ1) is 22.4. The maximum Gasteiger partial charge on any atom is 0 e. The molecule has 8 heavy (non-hydrogen) atoms. The van der Waals surface area contributed by atoms with Gasteiger partial charge in [-0.3, -0.25) is 0 Å². The van der Waals surface area contributed by atoms with Crippen molar-refractivity contribution < 1.29 is 19.7 Å². The summed E-state index contributed by atoms with van der Waals surface area (Å²) in [6.07, 6.45) is 0. The average molecular weight is 387 g/mol. The van der Waals surface area contributed by atoms with Gasteiger partial charge in [-0.15, -0.1) is 13.2 Å². The van der Waals surface area contributed by atoms with Crippen molar-refractivity contribution in [3.05, 3.63) is 13.2 Å². The molecule has 0 aliphatic heterocycles. The Morgan fingerprint density at radius 1 is 1.00 bits per heavy atom. The van der Waals surface area contributed by atoms with E-state index in [0.717, 1.165) is 0 Å². The zero-order valence-electron chi connectivity index (χ0n) is 4.36. The van der Waals surface area contributed by atoms with Gasteiger partial charge in [-0.25, -0.2) is 0 Å². The minimum atomic E-state index is -1.85. The summed E-state index contributed by atoms with van der Waals surface area (Å²) in [4.78, 5) is 0. The van der Waals surface area contributed by atoms with E-state index in [1.54, 1.807) is 0 Å². The first-order valence-electron chi connectivity index (χ1n) is 0.859. The monoisotopic (exact) mass is 385 g/mol. The van der Waals surface area contributed by atoms with Crippen molar-refractivity contribution in [2.24, 2.45) is 0 Å². The Bertz CT molecular complexity index is 28.5. The van der Waals surface area contributed by atoms with E-state index in [2.05, 4.69) is 13.2 Å². The van der Waals surface area contributed by atoms with Crippen LogP contribution in [0.2, 0.25) is 0 Å². The second-order valence-electron chi connectivity index (χ2n) is 0.136. The molecule has 1 radical (unpaired) electrons. The Hall–Kier alpha value is 2.89. The molecular weight excluding hydrogens is 381 g/mol. The molecule has 0 heterocycles. The molecule has 0 rings (SSSR count). The summed E-state index contributed by atoms with van der Waals surface area (Å²) in [7, 11) is 14.9. The fraction of sp³-hybridized carbons (Fsp3) is 0. The molecule has 0 saturated heterocycles. The fourth-order valence-corrected chi connectivity index (χ4v) is 0. The third kappa shape index (κ3) is 66.2. The Labute approximate surface area is 110 Å². The van der Waals surface area contributed by atoms with Gasteiger partial charge in [0.15, 0.2) is 0 Å². The summed E-state index contributed by atoms with van der Waals surface area (Å²) in [6.45, 7) is 6.00. The zero-order chi connectivity index (χ0) is 5.58. The molecule has 0 aliphatic rings. The molecular formula is C2H6Cl3KOPt. The van der Waals surface area contributed by atoms with E-state index in [1.165, 1.54) is 0 Å². The Morgan fingerprint density at radius 3 is 1.00 bits per heavy atom. The molecule has 0 saturated carbocycles. The minimum Gasteiger partial charge on any atom is 0 e. The van der Waals surface area contributed by atoms with E-state index < -0.39 is 14.2 Å². The van der Waals surface area contributed by atoms with Gasteiger partial charge in [0, 0.05) is 51.4 Å². The molecule has 0 fully saturated rings. The van der Waals surface area contributed by atoms with Crippen LogP contribution in [0, 0.1) is 0 Å². The Balaban J connectivity index is -0.0000000183. The SMILES string of the molecule is C=C.O.[Cl][Pt]([Cl])[Cl].[K]. The van der Waals surface area contributed by atoms with E-state index in [4.69, 9.17) is 28.3 Å². The van der Waals surface area contributed by atoms with Crippen molar-refractivity contribution >= 4 is 79.6 Å². The van der Waals surface area contributed by atoms with Crippen LogP contribution in [0.25, 0.3) is 0 Å². The smallest absolute Gasteiger partial charge is 0 e. The van der Waals surface area contributed by atoms with Crippen LogP contribution >= 0.6 is 28.3 Å². The molecule has 0 aliphatic carbocycles. The van der Waals surface area contributed by atoms with Gasteiger partial charge in [-0.05, 0) is 0 Å². The van der Waals surface area contributed by atoms with E-state index in [1.807, 2.05) is 0 Å². The van der Waals surface area contributed by atoms with Gasteiger partial charge >= 0.3 is 42.4 Å². The third-order valence-corrected chi connectivity index (χ3v) is 0. The molecule has 2 N–H and O–H groups in total. The van der Waals surface area contributed by atoms with E-state index >= 15 is 0 Å². The maximum absolute atomic E-state index is 4.96. The van der Waals surface area contributed by atoms with Crippen molar-refractivity contribution in [2.75, 3.05) is 0 Å². The first-order valence-corrected chi connectivity index (χ1v) is 9.31. The van der Waals surface area contributed by atoms with Crippen LogP contribution in [-0.2, 0) is 14.2 Å². The molecule has 6 heteroatoms. The minimum absolute atomic E-state index is 0. The summed E-state index contributed by atoms with van der Waals surface area (Å²) in [5, 5.41) is 0. The van der Waals surface area contributed by atoms with E-state index in [0.29, 0.717) is 0 Å². The van der Waals surface area contributed by atoms with Crippen LogP contribution in [0.4, 0.5) is 0 Å². The molecule has 0 atom stereocenters. The van der Waals surface area contributed by atoms with Crippen LogP contribution in [0.3, 0.4) is 0 Å². The van der Waals surface area contributed by atoms with Gasteiger partial charge in [0.05, 0.1) is 0 Å². The summed E-state index contributed by atoms with van der Waals surface area (Å²) in [6, 6.07) is 0. The molecule has 0 unspecified atom stereocenters. The predicted octanol–water partition coefficient (Wildman–Crippen LogP) is 1.66. The Morgan fingerprint density at radius 2 is 1.00 bits per heavy atom. The topological polar surface area (TPSA) is 31.5 Å². The Kier molecular flexibility index (Phi) is 63.2. The molecule has 0 bridgehead atoms. The van der Waals surface area contributed by atoms with Gasteiger partial charge in [0.25, 0.3) is 0 Å². The largest absolute Gasteiger partial charge is 0 e. The van der Waals surface area contributed by atoms with Gasteiger partial charge < -0.3 is 5.48 Å². The molecule has 0 amide bonds. The van der Waals surface area contributed by atoms with Crippen molar-refractivity contribution in [1.82, 2.24) is 0 Å². The van der Waals surface area contributed by atoms with Crippen molar-refractivity contribution in [3.63, 3.8) is 0 Å². The summed E-state index contributed by atoms with van der Waals surface area (Å²) >= 11 is -1.85. The number of rotatable bonds is 0. The van der Waals surface area contributed by atoms with Crippen LogP contribution in [0.15, 0.2) is 13.2 Å². The van der Waals surface area contributed by atoms with Gasteiger partial charge in [-0.2, -0.15) is 0 Å².